The lowest BCUT2D eigenvalue weighted by Crippen LogP contribution is -2.41. The first-order chi connectivity index (χ1) is 8.13. The second-order valence-corrected chi connectivity index (χ2v) is 4.35. The molecule has 1 aliphatic heterocycles. The molecule has 0 spiro atoms. The molecule has 0 aliphatic carbocycles. The summed E-state index contributed by atoms with van der Waals surface area (Å²) in [5.41, 5.74) is 7.53. The number of aryl methyl sites for hydroxylation is 1. The molecule has 4 nitrogen and oxygen atoms in total. The zero-order valence-electron chi connectivity index (χ0n) is 10.3. The number of rotatable bonds is 3. The van der Waals surface area contributed by atoms with Crippen molar-refractivity contribution in [2.45, 2.75) is 25.9 Å². The van der Waals surface area contributed by atoms with Gasteiger partial charge in [-0.15, -0.1) is 0 Å². The Morgan fingerprint density at radius 3 is 2.94 bits per heavy atom. The molecule has 0 radical (unpaired) electrons. The summed E-state index contributed by atoms with van der Waals surface area (Å²) in [4.78, 5) is 13.4. The van der Waals surface area contributed by atoms with Crippen molar-refractivity contribution in [3.05, 3.63) is 23.8 Å². The number of ether oxygens (including phenoxy) is 1. The summed E-state index contributed by atoms with van der Waals surface area (Å²) in [6, 6.07) is 5.97. The van der Waals surface area contributed by atoms with E-state index in [-0.39, 0.29) is 5.91 Å². The van der Waals surface area contributed by atoms with Crippen molar-refractivity contribution in [2.24, 2.45) is 5.73 Å². The van der Waals surface area contributed by atoms with Crippen LogP contribution >= 0.6 is 0 Å². The maximum Gasteiger partial charge on any atom is 0.267 e. The second kappa shape index (κ2) is 4.75. The first kappa shape index (κ1) is 11.9. The van der Waals surface area contributed by atoms with Crippen molar-refractivity contribution >= 4 is 11.6 Å². The van der Waals surface area contributed by atoms with Crippen LogP contribution in [0.5, 0.6) is 5.75 Å². The summed E-state index contributed by atoms with van der Waals surface area (Å²) in [6.07, 6.45) is 1.50. The molecule has 4 heteroatoms. The molecule has 2 rings (SSSR count). The highest BCUT2D eigenvalue weighted by Gasteiger charge is 2.28. The van der Waals surface area contributed by atoms with Gasteiger partial charge in [-0.1, -0.05) is 6.07 Å². The molecule has 0 saturated heterocycles. The minimum atomic E-state index is -0.405. The van der Waals surface area contributed by atoms with Crippen molar-refractivity contribution in [1.82, 2.24) is 0 Å². The Morgan fingerprint density at radius 1 is 1.47 bits per heavy atom. The summed E-state index contributed by atoms with van der Waals surface area (Å²) in [6.45, 7) is 2.46. The molecule has 2 N–H and O–H groups in total. The number of hydrogen-bond acceptors (Lipinski definition) is 3. The third kappa shape index (κ3) is 2.26. The summed E-state index contributed by atoms with van der Waals surface area (Å²) >= 11 is 0. The Bertz CT molecular complexity index is 431. The van der Waals surface area contributed by atoms with Crippen LogP contribution in [-0.2, 0) is 11.2 Å². The van der Waals surface area contributed by atoms with Gasteiger partial charge in [-0.05, 0) is 44.0 Å². The van der Waals surface area contributed by atoms with Gasteiger partial charge in [0.25, 0.3) is 5.91 Å². The van der Waals surface area contributed by atoms with Crippen LogP contribution in [0.1, 0.15) is 18.9 Å². The largest absolute Gasteiger partial charge is 0.479 e. The van der Waals surface area contributed by atoms with Gasteiger partial charge < -0.3 is 15.4 Å². The first-order valence-corrected chi connectivity index (χ1v) is 5.90. The van der Waals surface area contributed by atoms with Crippen molar-refractivity contribution in [3.63, 3.8) is 0 Å². The minimum absolute atomic E-state index is 0.00721. The van der Waals surface area contributed by atoms with Gasteiger partial charge in [0.2, 0.25) is 0 Å². The number of likely N-dealkylation sites (N-methyl/N-ethyl adjacent to an activating group) is 1. The lowest BCUT2D eigenvalue weighted by Gasteiger charge is -2.30. The fourth-order valence-corrected chi connectivity index (χ4v) is 2.02. The number of nitrogens with two attached hydrogens (primary N) is 1. The predicted octanol–water partition coefficient (Wildman–Crippen LogP) is 1.32. The Balaban J connectivity index is 2.27. The number of benzene rings is 1. The van der Waals surface area contributed by atoms with Crippen molar-refractivity contribution < 1.29 is 9.53 Å². The van der Waals surface area contributed by atoms with Gasteiger partial charge in [0, 0.05) is 7.05 Å². The van der Waals surface area contributed by atoms with Crippen LogP contribution in [-0.4, -0.2) is 25.6 Å². The molecule has 1 heterocycles. The third-order valence-electron chi connectivity index (χ3n) is 3.04. The zero-order chi connectivity index (χ0) is 12.4. The van der Waals surface area contributed by atoms with Gasteiger partial charge in [0.1, 0.15) is 5.75 Å². The molecule has 92 valence electrons. The highest BCUT2D eigenvalue weighted by Crippen LogP contribution is 2.34. The monoisotopic (exact) mass is 234 g/mol. The number of carbonyl (C=O) groups is 1. The van der Waals surface area contributed by atoms with Crippen molar-refractivity contribution in [3.8, 4) is 5.75 Å². The molecule has 1 aromatic carbocycles. The highest BCUT2D eigenvalue weighted by molar-refractivity contribution is 5.99. The van der Waals surface area contributed by atoms with Crippen LogP contribution in [0.15, 0.2) is 18.2 Å². The Hall–Kier alpha value is -1.55. The van der Waals surface area contributed by atoms with Crippen LogP contribution in [0, 0.1) is 0 Å². The summed E-state index contributed by atoms with van der Waals surface area (Å²) < 4.78 is 5.61. The molecule has 1 aliphatic rings. The molecule has 0 saturated carbocycles. The van der Waals surface area contributed by atoms with Gasteiger partial charge in [-0.2, -0.15) is 0 Å². The second-order valence-electron chi connectivity index (χ2n) is 4.35. The molecule has 0 aromatic heterocycles. The fourth-order valence-electron chi connectivity index (χ4n) is 2.02. The fraction of sp³-hybridized carbons (Fsp3) is 0.462. The van der Waals surface area contributed by atoms with E-state index in [4.69, 9.17) is 10.5 Å². The maximum atomic E-state index is 11.7. The van der Waals surface area contributed by atoms with E-state index < -0.39 is 6.10 Å². The number of carbonyl (C=O) groups excluding carboxylic acids is 1. The van der Waals surface area contributed by atoms with Crippen molar-refractivity contribution in [2.75, 3.05) is 18.5 Å². The van der Waals surface area contributed by atoms with Crippen LogP contribution in [0.25, 0.3) is 0 Å². The lowest BCUT2D eigenvalue weighted by atomic mass is 10.1. The Morgan fingerprint density at radius 2 is 2.24 bits per heavy atom. The van der Waals surface area contributed by atoms with Gasteiger partial charge in [0.05, 0.1) is 5.69 Å². The number of nitrogens with zero attached hydrogens (tertiary/aromatic N) is 1. The molecular formula is C13H18N2O2. The zero-order valence-corrected chi connectivity index (χ0v) is 10.3. The SMILES string of the molecule is CC1Oc2cc(CCCN)ccc2N(C)C1=O. The highest BCUT2D eigenvalue weighted by atomic mass is 16.5. The van der Waals surface area contributed by atoms with Gasteiger partial charge in [0.15, 0.2) is 6.10 Å². The van der Waals surface area contributed by atoms with Crippen LogP contribution in [0.4, 0.5) is 5.69 Å². The average molecular weight is 234 g/mol. The standard InChI is InChI=1S/C13H18N2O2/c1-9-13(16)15(2)11-6-5-10(4-3-7-14)8-12(11)17-9/h5-6,8-9H,3-4,7,14H2,1-2H3. The summed E-state index contributed by atoms with van der Waals surface area (Å²) in [5.74, 6) is 0.779. The van der Waals surface area contributed by atoms with Crippen LogP contribution < -0.4 is 15.4 Å². The molecule has 17 heavy (non-hydrogen) atoms. The van der Waals surface area contributed by atoms with E-state index in [2.05, 4.69) is 0 Å². The van der Waals surface area contributed by atoms with E-state index in [1.807, 2.05) is 18.2 Å². The van der Waals surface area contributed by atoms with Crippen LogP contribution in [0.2, 0.25) is 0 Å². The van der Waals surface area contributed by atoms with E-state index in [9.17, 15) is 4.79 Å². The van der Waals surface area contributed by atoms with E-state index >= 15 is 0 Å². The summed E-state index contributed by atoms with van der Waals surface area (Å²) in [7, 11) is 1.78. The van der Waals surface area contributed by atoms with Gasteiger partial charge >= 0.3 is 0 Å². The topological polar surface area (TPSA) is 55.6 Å². The van der Waals surface area contributed by atoms with E-state index in [0.29, 0.717) is 6.54 Å². The number of hydrogen-bond donors (Lipinski definition) is 1. The number of anilines is 1. The molecular weight excluding hydrogens is 216 g/mol. The van der Waals surface area contributed by atoms with E-state index in [1.165, 1.54) is 5.56 Å². The quantitative estimate of drug-likeness (QED) is 0.858. The third-order valence-corrected chi connectivity index (χ3v) is 3.04. The first-order valence-electron chi connectivity index (χ1n) is 5.90. The summed E-state index contributed by atoms with van der Waals surface area (Å²) in [5, 5.41) is 0. The van der Waals surface area contributed by atoms with Gasteiger partial charge in [-0.25, -0.2) is 0 Å². The normalized spacial score (nSPS) is 18.9. The molecule has 1 unspecified atom stereocenters. The van der Waals surface area contributed by atoms with E-state index in [0.717, 1.165) is 24.3 Å². The molecule has 1 atom stereocenters. The average Bonchev–Trinajstić information content (AvgIpc) is 2.33. The smallest absolute Gasteiger partial charge is 0.267 e. The predicted molar refractivity (Wildman–Crippen MR) is 67.3 cm³/mol. The molecule has 0 fully saturated rings. The Kier molecular flexibility index (Phi) is 3.33. The lowest BCUT2D eigenvalue weighted by molar-refractivity contribution is -0.125. The number of amides is 1. The maximum absolute atomic E-state index is 11.7. The molecule has 1 amide bonds. The number of fused-ring (bicyclic) bond motifs is 1. The minimum Gasteiger partial charge on any atom is -0.479 e. The van der Waals surface area contributed by atoms with Gasteiger partial charge in [-0.3, -0.25) is 4.79 Å². The van der Waals surface area contributed by atoms with E-state index in [1.54, 1.807) is 18.9 Å². The van der Waals surface area contributed by atoms with Crippen LogP contribution in [0.3, 0.4) is 0 Å². The van der Waals surface area contributed by atoms with Crippen molar-refractivity contribution in [1.29, 1.82) is 0 Å². The Labute approximate surface area is 101 Å². The molecule has 1 aromatic rings. The molecule has 0 bridgehead atoms.